The highest BCUT2D eigenvalue weighted by Crippen LogP contribution is 2.44. The fraction of sp³-hybridized carbons (Fsp3) is 0.333. The standard InChI is InChI=1S/C21H23NO4/c1-13(2)11-19(20(23)24)22-21(25)26-12-18-16-9-5-3-7-14(16)15-8-4-6-10-17(15)18/h3-10,13,18-19H,11-12H2,1-2H3,(H,22,25)(H,23,24)/t19-/m0/s1/i1D3/t13?,19-. The van der Waals surface area contributed by atoms with Crippen LogP contribution in [0.2, 0.25) is 0 Å². The van der Waals surface area contributed by atoms with Gasteiger partial charge in [0.1, 0.15) is 12.6 Å². The van der Waals surface area contributed by atoms with Crippen LogP contribution < -0.4 is 5.32 Å². The summed E-state index contributed by atoms with van der Waals surface area (Å²) in [6.07, 6.45) is -1.09. The molecule has 0 aliphatic heterocycles. The Labute approximate surface area is 157 Å². The van der Waals surface area contributed by atoms with E-state index < -0.39 is 30.9 Å². The SMILES string of the molecule is [2H]C([2H])([2H])C(C)C[C@H](NC(=O)OCC1c2ccccc2-c2ccccc21)C(=O)O. The van der Waals surface area contributed by atoms with Crippen molar-refractivity contribution < 1.29 is 23.5 Å². The van der Waals surface area contributed by atoms with Crippen LogP contribution in [0.5, 0.6) is 0 Å². The molecule has 1 aliphatic carbocycles. The summed E-state index contributed by atoms with van der Waals surface area (Å²) < 4.78 is 27.5. The molecule has 5 heteroatoms. The van der Waals surface area contributed by atoms with E-state index in [2.05, 4.69) is 5.32 Å². The summed E-state index contributed by atoms with van der Waals surface area (Å²) in [7, 11) is 0. The lowest BCUT2D eigenvalue weighted by atomic mass is 9.98. The molecule has 5 nitrogen and oxygen atoms in total. The van der Waals surface area contributed by atoms with Crippen molar-refractivity contribution in [2.75, 3.05) is 6.61 Å². The van der Waals surface area contributed by atoms with Gasteiger partial charge in [0.05, 0.1) is 0 Å². The zero-order chi connectivity index (χ0) is 21.2. The minimum Gasteiger partial charge on any atom is -0.480 e. The lowest BCUT2D eigenvalue weighted by Crippen LogP contribution is -2.42. The molecule has 1 aliphatic rings. The second-order valence-corrected chi connectivity index (χ2v) is 6.50. The minimum atomic E-state index is -2.30. The number of rotatable bonds is 6. The summed E-state index contributed by atoms with van der Waals surface area (Å²) in [5.41, 5.74) is 4.28. The van der Waals surface area contributed by atoms with E-state index >= 15 is 0 Å². The number of carboxylic acid groups (broad SMARTS) is 1. The van der Waals surface area contributed by atoms with Crippen molar-refractivity contribution in [2.24, 2.45) is 5.92 Å². The number of carboxylic acids is 1. The van der Waals surface area contributed by atoms with E-state index in [9.17, 15) is 14.7 Å². The van der Waals surface area contributed by atoms with Gasteiger partial charge < -0.3 is 15.2 Å². The molecule has 2 aromatic rings. The van der Waals surface area contributed by atoms with E-state index in [1.165, 1.54) is 6.92 Å². The molecule has 0 aromatic heterocycles. The molecule has 0 spiro atoms. The molecule has 0 radical (unpaired) electrons. The smallest absolute Gasteiger partial charge is 0.407 e. The zero-order valence-corrected chi connectivity index (χ0v) is 14.4. The van der Waals surface area contributed by atoms with Gasteiger partial charge in [-0.25, -0.2) is 9.59 Å². The van der Waals surface area contributed by atoms with E-state index in [0.717, 1.165) is 22.3 Å². The normalized spacial score (nSPS) is 17.0. The number of hydrogen-bond donors (Lipinski definition) is 2. The average molecular weight is 356 g/mol. The van der Waals surface area contributed by atoms with Gasteiger partial charge in [-0.2, -0.15) is 0 Å². The van der Waals surface area contributed by atoms with Crippen molar-refractivity contribution >= 4 is 12.1 Å². The van der Waals surface area contributed by atoms with Crippen LogP contribution in [0.4, 0.5) is 4.79 Å². The summed E-state index contributed by atoms with van der Waals surface area (Å²) in [5.74, 6) is -2.31. The molecule has 1 amide bonds. The molecule has 2 N–H and O–H groups in total. The van der Waals surface area contributed by atoms with E-state index in [0.29, 0.717) is 0 Å². The first-order chi connectivity index (χ1) is 13.7. The number of alkyl carbamates (subject to hydrolysis) is 1. The Morgan fingerprint density at radius 2 is 1.73 bits per heavy atom. The Morgan fingerprint density at radius 3 is 2.27 bits per heavy atom. The molecule has 0 heterocycles. The van der Waals surface area contributed by atoms with Crippen LogP contribution in [0.3, 0.4) is 0 Å². The molecular formula is C21H23NO4. The van der Waals surface area contributed by atoms with E-state index in [1.54, 1.807) is 0 Å². The number of benzene rings is 2. The van der Waals surface area contributed by atoms with Crippen LogP contribution >= 0.6 is 0 Å². The third-order valence-electron chi connectivity index (χ3n) is 4.52. The average Bonchev–Trinajstić information content (AvgIpc) is 2.99. The van der Waals surface area contributed by atoms with Crippen LogP contribution in [-0.4, -0.2) is 29.8 Å². The maximum absolute atomic E-state index is 12.2. The Kier molecular flexibility index (Phi) is 4.20. The Hall–Kier alpha value is -2.82. The minimum absolute atomic E-state index is 0.0566. The number of aliphatic carboxylic acids is 1. The molecular weight excluding hydrogens is 330 g/mol. The number of carbonyl (C=O) groups is 2. The number of amides is 1. The fourth-order valence-corrected chi connectivity index (χ4v) is 3.36. The largest absolute Gasteiger partial charge is 0.480 e. The first-order valence-corrected chi connectivity index (χ1v) is 8.52. The third-order valence-corrected chi connectivity index (χ3v) is 4.52. The number of fused-ring (bicyclic) bond motifs is 3. The second kappa shape index (κ2) is 7.60. The molecule has 2 atom stereocenters. The number of carbonyl (C=O) groups excluding carboxylic acids is 1. The Morgan fingerprint density at radius 1 is 1.15 bits per heavy atom. The van der Waals surface area contributed by atoms with Gasteiger partial charge in [-0.05, 0) is 34.6 Å². The first kappa shape index (κ1) is 14.4. The van der Waals surface area contributed by atoms with Crippen molar-refractivity contribution in [3.05, 3.63) is 59.7 Å². The maximum Gasteiger partial charge on any atom is 0.407 e. The highest BCUT2D eigenvalue weighted by Gasteiger charge is 2.29. The molecule has 0 bridgehead atoms. The quantitative estimate of drug-likeness (QED) is 0.819. The topological polar surface area (TPSA) is 75.6 Å². The van der Waals surface area contributed by atoms with E-state index in [1.807, 2.05) is 48.5 Å². The van der Waals surface area contributed by atoms with Gasteiger partial charge in [0.25, 0.3) is 0 Å². The van der Waals surface area contributed by atoms with Crippen molar-refractivity contribution in [3.63, 3.8) is 0 Å². The van der Waals surface area contributed by atoms with Crippen molar-refractivity contribution in [3.8, 4) is 11.1 Å². The molecule has 136 valence electrons. The van der Waals surface area contributed by atoms with Gasteiger partial charge in [-0.15, -0.1) is 0 Å². The highest BCUT2D eigenvalue weighted by molar-refractivity contribution is 5.81. The van der Waals surface area contributed by atoms with E-state index in [4.69, 9.17) is 8.85 Å². The predicted octanol–water partition coefficient (Wildman–Crippen LogP) is 4.02. The van der Waals surface area contributed by atoms with Crippen molar-refractivity contribution in [1.29, 1.82) is 0 Å². The summed E-state index contributed by atoms with van der Waals surface area (Å²) in [6, 6.07) is 14.4. The molecule has 1 unspecified atom stereocenters. The maximum atomic E-state index is 12.2. The summed E-state index contributed by atoms with van der Waals surface area (Å²) in [5, 5.41) is 11.6. The third kappa shape index (κ3) is 3.72. The lowest BCUT2D eigenvalue weighted by Gasteiger charge is -2.18. The number of hydrogen-bond acceptors (Lipinski definition) is 3. The fourth-order valence-electron chi connectivity index (χ4n) is 3.36. The summed E-state index contributed by atoms with van der Waals surface area (Å²) >= 11 is 0. The van der Waals surface area contributed by atoms with Crippen LogP contribution in [0.1, 0.15) is 41.4 Å². The molecule has 2 aromatic carbocycles. The second-order valence-electron chi connectivity index (χ2n) is 6.50. The molecule has 26 heavy (non-hydrogen) atoms. The Bertz CT molecular complexity index is 867. The predicted molar refractivity (Wildman–Crippen MR) is 99.1 cm³/mol. The monoisotopic (exact) mass is 356 g/mol. The number of ether oxygens (including phenoxy) is 1. The van der Waals surface area contributed by atoms with E-state index in [-0.39, 0.29) is 18.9 Å². The van der Waals surface area contributed by atoms with Crippen LogP contribution in [0.25, 0.3) is 11.1 Å². The van der Waals surface area contributed by atoms with Gasteiger partial charge in [-0.1, -0.05) is 62.3 Å². The molecule has 0 saturated heterocycles. The van der Waals surface area contributed by atoms with Gasteiger partial charge in [0.2, 0.25) is 0 Å². The summed E-state index contributed by atoms with van der Waals surface area (Å²) in [6.45, 7) is -0.806. The summed E-state index contributed by atoms with van der Waals surface area (Å²) in [4.78, 5) is 23.7. The van der Waals surface area contributed by atoms with Gasteiger partial charge in [0, 0.05) is 10.0 Å². The molecule has 0 fully saturated rings. The van der Waals surface area contributed by atoms with Crippen molar-refractivity contribution in [2.45, 2.75) is 32.2 Å². The number of nitrogens with one attached hydrogen (secondary N) is 1. The lowest BCUT2D eigenvalue weighted by molar-refractivity contribution is -0.139. The van der Waals surface area contributed by atoms with Gasteiger partial charge in [-0.3, -0.25) is 0 Å². The van der Waals surface area contributed by atoms with Gasteiger partial charge >= 0.3 is 12.1 Å². The highest BCUT2D eigenvalue weighted by atomic mass is 16.5. The van der Waals surface area contributed by atoms with Crippen LogP contribution in [0.15, 0.2) is 48.5 Å². The van der Waals surface area contributed by atoms with Crippen molar-refractivity contribution in [1.82, 2.24) is 5.32 Å². The molecule has 3 rings (SSSR count). The van der Waals surface area contributed by atoms with Crippen LogP contribution in [-0.2, 0) is 9.53 Å². The zero-order valence-electron chi connectivity index (χ0n) is 17.4. The molecule has 0 saturated carbocycles. The Balaban J connectivity index is 1.67. The van der Waals surface area contributed by atoms with Crippen LogP contribution in [0, 0.1) is 5.92 Å². The first-order valence-electron chi connectivity index (χ1n) is 10.0. The van der Waals surface area contributed by atoms with Gasteiger partial charge in [0.15, 0.2) is 0 Å².